The first kappa shape index (κ1) is 14.6. The van der Waals surface area contributed by atoms with Crippen molar-refractivity contribution in [3.8, 4) is 0 Å². The Morgan fingerprint density at radius 3 is 3.10 bits per heavy atom. The molecule has 2 aromatic heterocycles. The molecule has 0 aromatic carbocycles. The summed E-state index contributed by atoms with van der Waals surface area (Å²) < 4.78 is 0. The van der Waals surface area contributed by atoms with Gasteiger partial charge in [0.05, 0.1) is 11.9 Å². The van der Waals surface area contributed by atoms with Gasteiger partial charge in [0.2, 0.25) is 0 Å². The van der Waals surface area contributed by atoms with Gasteiger partial charge in [0.15, 0.2) is 5.82 Å². The van der Waals surface area contributed by atoms with Crippen molar-refractivity contribution in [1.82, 2.24) is 19.8 Å². The maximum Gasteiger partial charge on any atom is 0.152 e. The Morgan fingerprint density at radius 2 is 2.33 bits per heavy atom. The summed E-state index contributed by atoms with van der Waals surface area (Å²) in [5.41, 5.74) is 2.69. The zero-order chi connectivity index (χ0) is 14.8. The zero-order valence-corrected chi connectivity index (χ0v) is 13.4. The largest absolute Gasteiger partial charge is 0.308 e. The van der Waals surface area contributed by atoms with Gasteiger partial charge in [0, 0.05) is 12.6 Å². The van der Waals surface area contributed by atoms with E-state index >= 15 is 0 Å². The maximum atomic E-state index is 5.59. The molecular formula is C14H22N6S. The zero-order valence-electron chi connectivity index (χ0n) is 12.5. The number of thiophene rings is 1. The summed E-state index contributed by atoms with van der Waals surface area (Å²) in [6.45, 7) is 3.00. The van der Waals surface area contributed by atoms with Crippen LogP contribution in [0.2, 0.25) is 0 Å². The number of anilines is 1. The fraction of sp³-hybridized carbons (Fsp3) is 0.571. The molecule has 3 N–H and O–H groups in total. The summed E-state index contributed by atoms with van der Waals surface area (Å²) in [6, 6.07) is 2.60. The van der Waals surface area contributed by atoms with Crippen LogP contribution >= 0.6 is 11.3 Å². The monoisotopic (exact) mass is 306 g/mol. The van der Waals surface area contributed by atoms with Crippen molar-refractivity contribution in [2.75, 3.05) is 32.6 Å². The summed E-state index contributed by atoms with van der Waals surface area (Å²) in [7, 11) is 4.25. The van der Waals surface area contributed by atoms with Crippen LogP contribution in [0.25, 0.3) is 10.2 Å². The van der Waals surface area contributed by atoms with E-state index < -0.39 is 0 Å². The fourth-order valence-electron chi connectivity index (χ4n) is 2.99. The molecule has 3 heterocycles. The first-order valence-corrected chi connectivity index (χ1v) is 8.15. The minimum Gasteiger partial charge on any atom is -0.308 e. The Bertz CT molecular complexity index is 611. The van der Waals surface area contributed by atoms with Crippen molar-refractivity contribution in [2.45, 2.75) is 25.4 Å². The van der Waals surface area contributed by atoms with Gasteiger partial charge in [-0.3, -0.25) is 4.90 Å². The van der Waals surface area contributed by atoms with Crippen LogP contribution < -0.4 is 11.3 Å². The molecule has 1 saturated heterocycles. The van der Waals surface area contributed by atoms with Crippen molar-refractivity contribution in [1.29, 1.82) is 0 Å². The number of hydrogen-bond acceptors (Lipinski definition) is 7. The van der Waals surface area contributed by atoms with Crippen molar-refractivity contribution < 1.29 is 0 Å². The molecule has 21 heavy (non-hydrogen) atoms. The molecule has 2 aromatic rings. The van der Waals surface area contributed by atoms with Gasteiger partial charge in [0.25, 0.3) is 0 Å². The molecule has 0 radical (unpaired) electrons. The van der Waals surface area contributed by atoms with Crippen LogP contribution in [0.15, 0.2) is 11.4 Å². The van der Waals surface area contributed by atoms with Crippen LogP contribution in [0.1, 0.15) is 18.7 Å². The van der Waals surface area contributed by atoms with Crippen LogP contribution in [0.3, 0.4) is 0 Å². The Hall–Kier alpha value is -1.28. The second kappa shape index (κ2) is 6.23. The summed E-state index contributed by atoms with van der Waals surface area (Å²) in [6.07, 6.45) is 2.50. The lowest BCUT2D eigenvalue weighted by Gasteiger charge is -2.26. The molecule has 0 saturated carbocycles. The van der Waals surface area contributed by atoms with Crippen molar-refractivity contribution >= 4 is 27.4 Å². The molecule has 7 heteroatoms. The highest BCUT2D eigenvalue weighted by atomic mass is 32.1. The van der Waals surface area contributed by atoms with Crippen LogP contribution in [0.4, 0.5) is 5.82 Å². The Kier molecular flexibility index (Phi) is 4.34. The molecule has 1 aliphatic heterocycles. The van der Waals surface area contributed by atoms with Gasteiger partial charge < -0.3 is 10.3 Å². The molecule has 1 unspecified atom stereocenters. The number of likely N-dealkylation sites (tertiary alicyclic amines) is 1. The topological polar surface area (TPSA) is 70.3 Å². The first-order chi connectivity index (χ1) is 10.2. The quantitative estimate of drug-likeness (QED) is 0.644. The van der Waals surface area contributed by atoms with Crippen LogP contribution in [0.5, 0.6) is 0 Å². The molecule has 3 rings (SSSR count). The van der Waals surface area contributed by atoms with Gasteiger partial charge >= 0.3 is 0 Å². The number of nitrogen functional groups attached to an aromatic ring is 1. The highest BCUT2D eigenvalue weighted by molar-refractivity contribution is 7.16. The third-order valence-electron chi connectivity index (χ3n) is 3.93. The van der Waals surface area contributed by atoms with E-state index in [2.05, 4.69) is 39.3 Å². The highest BCUT2D eigenvalue weighted by Crippen LogP contribution is 2.26. The molecule has 6 nitrogen and oxygen atoms in total. The molecule has 0 aliphatic carbocycles. The molecule has 0 spiro atoms. The number of likely N-dealkylation sites (N-methyl/N-ethyl adjacent to an activating group) is 1. The van der Waals surface area contributed by atoms with Crippen molar-refractivity contribution in [2.24, 2.45) is 5.84 Å². The number of nitrogens with one attached hydrogen (secondary N) is 1. The number of hydrazine groups is 1. The van der Waals surface area contributed by atoms with Gasteiger partial charge in [-0.15, -0.1) is 11.3 Å². The Labute approximate surface area is 128 Å². The second-order valence-electron chi connectivity index (χ2n) is 5.80. The number of rotatable bonds is 5. The minimum atomic E-state index is 0.594. The van der Waals surface area contributed by atoms with E-state index in [9.17, 15) is 0 Å². The van der Waals surface area contributed by atoms with Gasteiger partial charge in [-0.2, -0.15) is 0 Å². The number of nitrogens with zero attached hydrogens (tertiary/aromatic N) is 4. The van der Waals surface area contributed by atoms with E-state index in [-0.39, 0.29) is 0 Å². The number of hydrogen-bond donors (Lipinski definition) is 2. The Balaban J connectivity index is 1.80. The van der Waals surface area contributed by atoms with Crippen molar-refractivity contribution in [3.63, 3.8) is 0 Å². The summed E-state index contributed by atoms with van der Waals surface area (Å²) in [5, 5.41) is 3.02. The molecule has 114 valence electrons. The lowest BCUT2D eigenvalue weighted by atomic mass is 10.2. The molecular weight excluding hydrogens is 284 g/mol. The third kappa shape index (κ3) is 3.16. The van der Waals surface area contributed by atoms with Gasteiger partial charge in [0.1, 0.15) is 10.7 Å². The predicted molar refractivity (Wildman–Crippen MR) is 87.2 cm³/mol. The number of nitrogens with two attached hydrogens (primary N) is 1. The predicted octanol–water partition coefficient (Wildman–Crippen LogP) is 1.50. The van der Waals surface area contributed by atoms with E-state index in [1.54, 1.807) is 11.3 Å². The summed E-state index contributed by atoms with van der Waals surface area (Å²) in [4.78, 5) is 15.0. The number of aromatic nitrogens is 2. The smallest absolute Gasteiger partial charge is 0.152 e. The van der Waals surface area contributed by atoms with E-state index in [1.807, 2.05) is 11.4 Å². The van der Waals surface area contributed by atoms with Crippen LogP contribution in [-0.2, 0) is 6.54 Å². The standard InChI is InChI=1S/C14H22N6S/c1-19(2)8-10-4-3-6-20(10)9-12-16-13(18-15)11-5-7-21-14(11)17-12/h5,7,10H,3-4,6,8-9,15H2,1-2H3,(H,16,17,18). The van der Waals surface area contributed by atoms with Gasteiger partial charge in [-0.05, 0) is 44.9 Å². The van der Waals surface area contributed by atoms with Gasteiger partial charge in [-0.1, -0.05) is 0 Å². The minimum absolute atomic E-state index is 0.594. The van der Waals surface area contributed by atoms with Crippen molar-refractivity contribution in [3.05, 3.63) is 17.3 Å². The average Bonchev–Trinajstić information content (AvgIpc) is 3.07. The second-order valence-corrected chi connectivity index (χ2v) is 6.70. The third-order valence-corrected chi connectivity index (χ3v) is 4.73. The molecule has 1 aliphatic rings. The van der Waals surface area contributed by atoms with Crippen LogP contribution in [0, 0.1) is 0 Å². The normalized spacial score (nSPS) is 19.7. The molecule has 1 fully saturated rings. The lowest BCUT2D eigenvalue weighted by molar-refractivity contribution is 0.197. The van der Waals surface area contributed by atoms with E-state index in [0.29, 0.717) is 6.04 Å². The van der Waals surface area contributed by atoms with E-state index in [4.69, 9.17) is 5.84 Å². The van der Waals surface area contributed by atoms with Crippen LogP contribution in [-0.4, -0.2) is 53.0 Å². The Morgan fingerprint density at radius 1 is 1.48 bits per heavy atom. The number of fused-ring (bicyclic) bond motifs is 1. The van der Waals surface area contributed by atoms with Gasteiger partial charge in [-0.25, -0.2) is 15.8 Å². The highest BCUT2D eigenvalue weighted by Gasteiger charge is 2.26. The fourth-order valence-corrected chi connectivity index (χ4v) is 3.78. The lowest BCUT2D eigenvalue weighted by Crippen LogP contribution is -2.37. The molecule has 0 bridgehead atoms. The average molecular weight is 306 g/mol. The first-order valence-electron chi connectivity index (χ1n) is 7.27. The summed E-state index contributed by atoms with van der Waals surface area (Å²) in [5.74, 6) is 7.16. The molecule has 1 atom stereocenters. The van der Waals surface area contributed by atoms with E-state index in [0.717, 1.165) is 41.5 Å². The maximum absolute atomic E-state index is 5.59. The molecule has 0 amide bonds. The SMILES string of the molecule is CN(C)CC1CCCN1Cc1nc(NN)c2ccsc2n1. The van der Waals surface area contributed by atoms with E-state index in [1.165, 1.54) is 12.8 Å². The summed E-state index contributed by atoms with van der Waals surface area (Å²) >= 11 is 1.63.